The van der Waals surface area contributed by atoms with E-state index in [-0.39, 0.29) is 31.7 Å². The summed E-state index contributed by atoms with van der Waals surface area (Å²) >= 11 is 11.7. The van der Waals surface area contributed by atoms with Crippen molar-refractivity contribution in [1.29, 1.82) is 0 Å². The molecule has 0 unspecified atom stereocenters. The fraction of sp³-hybridized carbons (Fsp3) is 0.481. The lowest BCUT2D eigenvalue weighted by Crippen LogP contribution is -2.11. The Hall–Kier alpha value is -2.52. The second-order valence-corrected chi connectivity index (χ2v) is 9.44. The average Bonchev–Trinajstić information content (AvgIpc) is 3.49. The molecule has 8 nitrogen and oxygen atoms in total. The van der Waals surface area contributed by atoms with Gasteiger partial charge in [-0.1, -0.05) is 54.9 Å². The van der Waals surface area contributed by atoms with Crippen molar-refractivity contribution < 1.29 is 18.9 Å². The highest BCUT2D eigenvalue weighted by molar-refractivity contribution is 6.30. The lowest BCUT2D eigenvalue weighted by Gasteiger charge is -2.16. The Kier molecular flexibility index (Phi) is 13.0. The Bertz CT molecular complexity index is 921. The molecule has 4 atom stereocenters. The van der Waals surface area contributed by atoms with Crippen molar-refractivity contribution in [1.82, 2.24) is 0 Å². The van der Waals surface area contributed by atoms with Crippen LogP contribution in [0, 0.1) is 0 Å². The van der Waals surface area contributed by atoms with E-state index < -0.39 is 0 Å². The number of nitrogens with zero attached hydrogens (tertiary/aromatic N) is 2. The van der Waals surface area contributed by atoms with Gasteiger partial charge in [0.25, 0.3) is 12.0 Å². The van der Waals surface area contributed by atoms with E-state index in [1.165, 1.54) is 0 Å². The van der Waals surface area contributed by atoms with Gasteiger partial charge < -0.3 is 30.4 Å². The van der Waals surface area contributed by atoms with Crippen LogP contribution >= 0.6 is 23.2 Å². The summed E-state index contributed by atoms with van der Waals surface area (Å²) in [6.45, 7) is 1.14. The number of nitrogens with two attached hydrogens (primary N) is 2. The first-order valence-corrected chi connectivity index (χ1v) is 12.6. The van der Waals surface area contributed by atoms with E-state index >= 15 is 0 Å². The van der Waals surface area contributed by atoms with Crippen LogP contribution in [-0.4, -0.2) is 51.6 Å². The number of methoxy groups -OCH3 is 2. The van der Waals surface area contributed by atoms with E-state index in [0.717, 1.165) is 46.9 Å². The molecule has 2 heterocycles. The zero-order valence-electron chi connectivity index (χ0n) is 20.6. The molecule has 0 aromatic heterocycles. The fourth-order valence-electron chi connectivity index (χ4n) is 4.05. The van der Waals surface area contributed by atoms with Crippen LogP contribution in [0.3, 0.4) is 0 Å². The summed E-state index contributed by atoms with van der Waals surface area (Å²) < 4.78 is 21.2. The molecule has 2 aliphatic heterocycles. The molecule has 37 heavy (non-hydrogen) atoms. The van der Waals surface area contributed by atoms with Crippen molar-refractivity contribution >= 4 is 35.2 Å². The highest BCUT2D eigenvalue weighted by Crippen LogP contribution is 2.26. The maximum atomic E-state index is 5.87. The highest BCUT2D eigenvalue weighted by Gasteiger charge is 2.20. The molecule has 0 bridgehead atoms. The standard InChI is InChI=1S/2C13H17ClN2O2.CH4/c2*1-17-12(9-2-4-10(14)5-3-9)7-6-11-8-18-13(15)16-11;/h2*2-5,11-12H,6-8H2,1H3,(H2,15,16);1H4/t11-,12+;11-,12-;/m00./s1. The third-order valence-corrected chi connectivity index (χ3v) is 6.55. The van der Waals surface area contributed by atoms with Gasteiger partial charge in [-0.05, 0) is 61.1 Å². The minimum absolute atomic E-state index is 0. The van der Waals surface area contributed by atoms with Gasteiger partial charge in [-0.2, -0.15) is 0 Å². The lowest BCUT2D eigenvalue weighted by atomic mass is 10.0. The highest BCUT2D eigenvalue weighted by atomic mass is 35.5. The summed E-state index contributed by atoms with van der Waals surface area (Å²) in [6, 6.07) is 16.3. The normalized spacial score (nSPS) is 19.8. The molecule has 2 aliphatic rings. The number of ether oxygens (including phenoxy) is 4. The summed E-state index contributed by atoms with van der Waals surface area (Å²) in [6.07, 6.45) is 3.65. The topological polar surface area (TPSA) is 114 Å². The molecule has 4 N–H and O–H groups in total. The first-order chi connectivity index (χ1) is 17.4. The fourth-order valence-corrected chi connectivity index (χ4v) is 4.30. The molecule has 0 amide bonds. The predicted octanol–water partition coefficient (Wildman–Crippen LogP) is 5.68. The second kappa shape index (κ2) is 15.7. The molecular weight excluding hydrogens is 515 g/mol. The largest absolute Gasteiger partial charge is 0.463 e. The Balaban J connectivity index is 0.000000253. The van der Waals surface area contributed by atoms with Crippen LogP contribution in [0.25, 0.3) is 0 Å². The van der Waals surface area contributed by atoms with Gasteiger partial charge in [0.15, 0.2) is 0 Å². The van der Waals surface area contributed by atoms with Gasteiger partial charge in [0.05, 0.1) is 24.3 Å². The van der Waals surface area contributed by atoms with Crippen LogP contribution in [-0.2, 0) is 18.9 Å². The zero-order valence-corrected chi connectivity index (χ0v) is 22.1. The van der Waals surface area contributed by atoms with Crippen molar-refractivity contribution in [2.75, 3.05) is 27.4 Å². The van der Waals surface area contributed by atoms with Crippen LogP contribution in [0.15, 0.2) is 58.5 Å². The summed E-state index contributed by atoms with van der Waals surface area (Å²) in [5.41, 5.74) is 13.2. The van der Waals surface area contributed by atoms with Crippen LogP contribution in [0.4, 0.5) is 0 Å². The number of hydrogen-bond donors (Lipinski definition) is 2. The molecule has 0 aliphatic carbocycles. The quantitative estimate of drug-likeness (QED) is 0.392. The predicted molar refractivity (Wildman–Crippen MR) is 150 cm³/mol. The number of rotatable bonds is 10. The average molecular weight is 554 g/mol. The van der Waals surface area contributed by atoms with Gasteiger partial charge >= 0.3 is 0 Å². The van der Waals surface area contributed by atoms with E-state index in [2.05, 4.69) is 9.98 Å². The minimum atomic E-state index is 0. The molecule has 2 aromatic carbocycles. The van der Waals surface area contributed by atoms with Crippen molar-refractivity contribution in [3.8, 4) is 0 Å². The van der Waals surface area contributed by atoms with Gasteiger partial charge in [0, 0.05) is 24.3 Å². The van der Waals surface area contributed by atoms with Crippen LogP contribution in [0.2, 0.25) is 10.0 Å². The second-order valence-electron chi connectivity index (χ2n) is 8.57. The number of aliphatic imine (C=N–C) groups is 2. The Labute approximate surface area is 229 Å². The molecule has 0 fully saturated rings. The smallest absolute Gasteiger partial charge is 0.282 e. The van der Waals surface area contributed by atoms with E-state index in [0.29, 0.717) is 25.3 Å². The molecule has 204 valence electrons. The van der Waals surface area contributed by atoms with Crippen LogP contribution in [0.5, 0.6) is 0 Å². The monoisotopic (exact) mass is 552 g/mol. The van der Waals surface area contributed by atoms with Gasteiger partial charge in [0.1, 0.15) is 13.2 Å². The Morgan fingerprint density at radius 1 is 0.757 bits per heavy atom. The molecule has 0 spiro atoms. The van der Waals surface area contributed by atoms with Crippen molar-refractivity contribution in [2.45, 2.75) is 57.4 Å². The number of benzene rings is 2. The molecular formula is C27H38Cl2N4O4. The molecule has 0 saturated heterocycles. The first kappa shape index (κ1) is 30.7. The maximum absolute atomic E-state index is 5.87. The summed E-state index contributed by atoms with van der Waals surface area (Å²) in [5.74, 6) is 0. The third kappa shape index (κ3) is 10.0. The summed E-state index contributed by atoms with van der Waals surface area (Å²) in [7, 11) is 3.42. The Morgan fingerprint density at radius 3 is 1.38 bits per heavy atom. The van der Waals surface area contributed by atoms with E-state index in [1.807, 2.05) is 48.5 Å². The molecule has 10 heteroatoms. The third-order valence-electron chi connectivity index (χ3n) is 6.04. The SMILES string of the molecule is C.CO[C@@H](CC[C@H]1COC(N)=N1)c1ccc(Cl)cc1.CO[C@H](CC[C@H]1COC(N)=N1)c1ccc(Cl)cc1. The summed E-state index contributed by atoms with van der Waals surface area (Å²) in [5, 5.41) is 1.46. The summed E-state index contributed by atoms with van der Waals surface area (Å²) in [4.78, 5) is 8.40. The molecule has 4 rings (SSSR count). The first-order valence-electron chi connectivity index (χ1n) is 11.9. The van der Waals surface area contributed by atoms with Crippen molar-refractivity contribution in [3.63, 3.8) is 0 Å². The molecule has 0 radical (unpaired) electrons. The lowest BCUT2D eigenvalue weighted by molar-refractivity contribution is 0.0910. The minimum Gasteiger partial charge on any atom is -0.463 e. The number of hydrogen-bond acceptors (Lipinski definition) is 8. The van der Waals surface area contributed by atoms with Crippen molar-refractivity contribution in [2.24, 2.45) is 21.5 Å². The number of halogens is 2. The van der Waals surface area contributed by atoms with E-state index in [1.54, 1.807) is 14.2 Å². The Morgan fingerprint density at radius 2 is 1.11 bits per heavy atom. The van der Waals surface area contributed by atoms with Crippen LogP contribution < -0.4 is 11.5 Å². The van der Waals surface area contributed by atoms with E-state index in [4.69, 9.17) is 53.6 Å². The van der Waals surface area contributed by atoms with Crippen LogP contribution in [0.1, 0.15) is 56.4 Å². The van der Waals surface area contributed by atoms with Crippen molar-refractivity contribution in [3.05, 3.63) is 69.7 Å². The van der Waals surface area contributed by atoms with E-state index in [9.17, 15) is 0 Å². The molecule has 0 saturated carbocycles. The zero-order chi connectivity index (χ0) is 25.9. The van der Waals surface area contributed by atoms with Gasteiger partial charge in [0.2, 0.25) is 0 Å². The van der Waals surface area contributed by atoms with Gasteiger partial charge in [-0.15, -0.1) is 0 Å². The number of amidine groups is 2. The van der Waals surface area contributed by atoms with Gasteiger partial charge in [-0.25, -0.2) is 9.98 Å². The molecule has 2 aromatic rings. The van der Waals surface area contributed by atoms with Gasteiger partial charge in [-0.3, -0.25) is 0 Å². The maximum Gasteiger partial charge on any atom is 0.282 e.